The van der Waals surface area contributed by atoms with E-state index in [-0.39, 0.29) is 24.1 Å². The van der Waals surface area contributed by atoms with E-state index in [1.165, 1.54) is 18.2 Å². The minimum absolute atomic E-state index is 0.0139. The number of hydrogen-bond donors (Lipinski definition) is 2. The van der Waals surface area contributed by atoms with Crippen LogP contribution in [0, 0.1) is 6.92 Å². The van der Waals surface area contributed by atoms with Crippen LogP contribution >= 0.6 is 0 Å². The van der Waals surface area contributed by atoms with Crippen LogP contribution in [0.5, 0.6) is 5.75 Å². The largest absolute Gasteiger partial charge is 0.573 e. The predicted octanol–water partition coefficient (Wildman–Crippen LogP) is 2.20. The molecule has 0 atom stereocenters. The summed E-state index contributed by atoms with van der Waals surface area (Å²) in [6, 6.07) is 5.22. The lowest BCUT2D eigenvalue weighted by atomic mass is 10.3. The van der Waals surface area contributed by atoms with Gasteiger partial charge in [-0.15, -0.1) is 13.2 Å². The monoisotopic (exact) mass is 315 g/mol. The zero-order valence-corrected chi connectivity index (χ0v) is 11.4. The second-order valence-electron chi connectivity index (χ2n) is 4.14. The average molecular weight is 315 g/mol. The van der Waals surface area contributed by atoms with Gasteiger partial charge < -0.3 is 20.3 Å². The first kappa shape index (κ1) is 15.6. The number of aryl methyl sites for hydroxylation is 1. The van der Waals surface area contributed by atoms with Crippen molar-refractivity contribution in [2.24, 2.45) is 10.7 Å². The summed E-state index contributed by atoms with van der Waals surface area (Å²) >= 11 is 0. The number of alkyl halides is 3. The van der Waals surface area contributed by atoms with Crippen LogP contribution < -0.4 is 15.8 Å². The van der Waals surface area contributed by atoms with E-state index in [2.05, 4.69) is 25.2 Å². The van der Waals surface area contributed by atoms with Gasteiger partial charge in [0.05, 0.1) is 0 Å². The summed E-state index contributed by atoms with van der Waals surface area (Å²) in [5, 5.41) is 6.22. The van der Waals surface area contributed by atoms with Crippen LogP contribution in [0.2, 0.25) is 0 Å². The van der Waals surface area contributed by atoms with Gasteiger partial charge in [-0.05, 0) is 19.1 Å². The molecule has 0 aliphatic carbocycles. The topological polar surface area (TPSA) is 98.6 Å². The minimum atomic E-state index is -4.76. The lowest BCUT2D eigenvalue weighted by Crippen LogP contribution is -2.23. The molecule has 0 saturated heterocycles. The lowest BCUT2D eigenvalue weighted by molar-refractivity contribution is -0.274. The summed E-state index contributed by atoms with van der Waals surface area (Å²) < 4.78 is 45.0. The van der Waals surface area contributed by atoms with Crippen molar-refractivity contribution in [2.45, 2.75) is 19.8 Å². The molecule has 1 aromatic heterocycles. The summed E-state index contributed by atoms with van der Waals surface area (Å²) in [6.07, 6.45) is -4.76. The van der Waals surface area contributed by atoms with E-state index in [4.69, 9.17) is 10.3 Å². The molecule has 2 aromatic rings. The highest BCUT2D eigenvalue weighted by atomic mass is 19.4. The Hall–Kier alpha value is -2.78. The molecule has 3 N–H and O–H groups in total. The number of nitrogens with one attached hydrogen (secondary N) is 1. The van der Waals surface area contributed by atoms with Gasteiger partial charge in [0.15, 0.2) is 11.8 Å². The second-order valence-corrected chi connectivity index (χ2v) is 4.14. The summed E-state index contributed by atoms with van der Waals surface area (Å²) in [6.45, 7) is 1.71. The minimum Gasteiger partial charge on any atom is -0.406 e. The van der Waals surface area contributed by atoms with Crippen molar-refractivity contribution in [3.63, 3.8) is 0 Å². The molecule has 118 valence electrons. The van der Waals surface area contributed by atoms with Crippen LogP contribution in [0.15, 0.2) is 33.8 Å². The number of benzene rings is 1. The Bertz CT molecular complexity index is 669. The molecule has 0 bridgehead atoms. The first-order valence-corrected chi connectivity index (χ1v) is 6.04. The van der Waals surface area contributed by atoms with Crippen molar-refractivity contribution in [3.8, 4) is 5.75 Å². The highest BCUT2D eigenvalue weighted by Gasteiger charge is 2.31. The van der Waals surface area contributed by atoms with Crippen LogP contribution in [0.1, 0.15) is 11.7 Å². The third-order valence-corrected chi connectivity index (χ3v) is 2.29. The first-order valence-electron chi connectivity index (χ1n) is 6.04. The molecule has 10 heteroatoms. The maximum absolute atomic E-state index is 12.1. The van der Waals surface area contributed by atoms with E-state index < -0.39 is 6.36 Å². The zero-order valence-electron chi connectivity index (χ0n) is 11.4. The van der Waals surface area contributed by atoms with Gasteiger partial charge >= 0.3 is 6.36 Å². The number of hydrogen-bond acceptors (Lipinski definition) is 5. The van der Waals surface area contributed by atoms with Crippen molar-refractivity contribution in [1.82, 2.24) is 10.1 Å². The van der Waals surface area contributed by atoms with Crippen molar-refractivity contribution < 1.29 is 22.4 Å². The molecule has 0 saturated carbocycles. The number of rotatable bonds is 4. The molecule has 0 aliphatic heterocycles. The predicted molar refractivity (Wildman–Crippen MR) is 71.1 cm³/mol. The average Bonchev–Trinajstić information content (AvgIpc) is 2.81. The van der Waals surface area contributed by atoms with E-state index in [9.17, 15) is 13.2 Å². The molecule has 0 spiro atoms. The third kappa shape index (κ3) is 4.96. The van der Waals surface area contributed by atoms with Crippen molar-refractivity contribution >= 4 is 11.6 Å². The quantitative estimate of drug-likeness (QED) is 0.663. The van der Waals surface area contributed by atoms with Crippen LogP contribution in [0.25, 0.3) is 0 Å². The van der Waals surface area contributed by atoms with Crippen molar-refractivity contribution in [3.05, 3.63) is 36.0 Å². The van der Waals surface area contributed by atoms with Crippen molar-refractivity contribution in [2.75, 3.05) is 5.32 Å². The molecule has 0 radical (unpaired) electrons. The fourth-order valence-corrected chi connectivity index (χ4v) is 1.52. The van der Waals surface area contributed by atoms with Crippen LogP contribution in [0.3, 0.4) is 0 Å². The summed E-state index contributed by atoms with van der Waals surface area (Å²) in [4.78, 5) is 7.86. The number of guanidine groups is 1. The van der Waals surface area contributed by atoms with Gasteiger partial charge in [-0.3, -0.25) is 0 Å². The number of halogens is 3. The fraction of sp³-hybridized carbons (Fsp3) is 0.250. The first-order chi connectivity index (χ1) is 10.3. The maximum atomic E-state index is 12.1. The molecule has 0 amide bonds. The molecule has 0 fully saturated rings. The van der Waals surface area contributed by atoms with Gasteiger partial charge in [0, 0.05) is 11.8 Å². The molecular formula is C12H12F3N5O2. The number of ether oxygens (including phenoxy) is 1. The van der Waals surface area contributed by atoms with E-state index in [0.717, 1.165) is 6.07 Å². The Morgan fingerprint density at radius 1 is 1.45 bits per heavy atom. The van der Waals surface area contributed by atoms with Crippen LogP contribution in [-0.4, -0.2) is 22.5 Å². The maximum Gasteiger partial charge on any atom is 0.573 e. The Morgan fingerprint density at radius 3 is 2.86 bits per heavy atom. The Morgan fingerprint density at radius 2 is 2.23 bits per heavy atom. The number of nitrogens with two attached hydrogens (primary N) is 1. The van der Waals surface area contributed by atoms with Gasteiger partial charge in [0.2, 0.25) is 5.89 Å². The molecule has 0 aliphatic rings. The highest BCUT2D eigenvalue weighted by molar-refractivity contribution is 5.92. The zero-order chi connectivity index (χ0) is 16.2. The van der Waals surface area contributed by atoms with E-state index in [1.807, 2.05) is 0 Å². The van der Waals surface area contributed by atoms with Gasteiger partial charge in [-0.25, -0.2) is 4.99 Å². The number of aliphatic imine (C=N–C) groups is 1. The third-order valence-electron chi connectivity index (χ3n) is 2.29. The SMILES string of the molecule is Cc1noc(CN=C(N)Nc2cccc(OC(F)(F)F)c2)n1. The highest BCUT2D eigenvalue weighted by Crippen LogP contribution is 2.24. The Labute approximate surface area is 123 Å². The van der Waals surface area contributed by atoms with Gasteiger partial charge in [0.1, 0.15) is 12.3 Å². The summed E-state index contributed by atoms with van der Waals surface area (Å²) in [7, 11) is 0. The molecule has 0 unspecified atom stereocenters. The van der Waals surface area contributed by atoms with E-state index in [0.29, 0.717) is 11.5 Å². The van der Waals surface area contributed by atoms with Crippen molar-refractivity contribution in [1.29, 1.82) is 0 Å². The van der Waals surface area contributed by atoms with Crippen LogP contribution in [0.4, 0.5) is 18.9 Å². The fourth-order valence-electron chi connectivity index (χ4n) is 1.52. The van der Waals surface area contributed by atoms with Gasteiger partial charge in [0.25, 0.3) is 0 Å². The second kappa shape index (κ2) is 6.33. The molecule has 2 rings (SSSR count). The number of anilines is 1. The number of nitrogens with zero attached hydrogens (tertiary/aromatic N) is 3. The molecule has 1 heterocycles. The van der Waals surface area contributed by atoms with Gasteiger partial charge in [-0.2, -0.15) is 4.98 Å². The Kier molecular flexibility index (Phi) is 4.49. The van der Waals surface area contributed by atoms with Crippen LogP contribution in [-0.2, 0) is 6.54 Å². The van der Waals surface area contributed by atoms with Gasteiger partial charge in [-0.1, -0.05) is 11.2 Å². The molecular weight excluding hydrogens is 303 g/mol. The van der Waals surface area contributed by atoms with E-state index in [1.54, 1.807) is 6.92 Å². The van der Waals surface area contributed by atoms with E-state index >= 15 is 0 Å². The standard InChI is InChI=1S/C12H12F3N5O2/c1-7-18-10(22-20-7)6-17-11(16)19-8-3-2-4-9(5-8)21-12(13,14)15/h2-5H,6H2,1H3,(H3,16,17,19). The lowest BCUT2D eigenvalue weighted by Gasteiger charge is -2.10. The molecule has 1 aromatic carbocycles. The normalized spacial score (nSPS) is 12.3. The Balaban J connectivity index is 1.98. The number of aromatic nitrogens is 2. The summed E-state index contributed by atoms with van der Waals surface area (Å²) in [5.74, 6) is 0.364. The molecule has 22 heavy (non-hydrogen) atoms. The smallest absolute Gasteiger partial charge is 0.406 e. The molecule has 7 nitrogen and oxygen atoms in total. The summed E-state index contributed by atoms with van der Waals surface area (Å²) in [5.41, 5.74) is 5.92.